The Morgan fingerprint density at radius 3 is 2.70 bits per heavy atom. The number of nitrogens with zero attached hydrogens (tertiary/aromatic N) is 1. The van der Waals surface area contributed by atoms with Crippen LogP contribution in [-0.4, -0.2) is 38.3 Å². The lowest BCUT2D eigenvalue weighted by Gasteiger charge is -2.37. The van der Waals surface area contributed by atoms with E-state index in [4.69, 9.17) is 5.11 Å². The molecule has 0 aromatic heterocycles. The van der Waals surface area contributed by atoms with Gasteiger partial charge in [0.15, 0.2) is 9.84 Å². The van der Waals surface area contributed by atoms with Crippen LogP contribution in [0.15, 0.2) is 29.2 Å². The standard InChI is InChI=1S/C14H19NO4S/c1-20(18,19)13-8-3-2-7-12(13)15-9-5-4-6-11(15)10-14(16)17/h2-3,7-8,11H,4-6,9-10H2,1H3,(H,16,17). The van der Waals surface area contributed by atoms with Crippen molar-refractivity contribution in [3.63, 3.8) is 0 Å². The monoisotopic (exact) mass is 297 g/mol. The van der Waals surface area contributed by atoms with Crippen molar-refractivity contribution in [1.82, 2.24) is 0 Å². The van der Waals surface area contributed by atoms with Gasteiger partial charge < -0.3 is 10.0 Å². The third-order valence-electron chi connectivity index (χ3n) is 3.61. The van der Waals surface area contributed by atoms with Gasteiger partial charge in [-0.15, -0.1) is 0 Å². The fourth-order valence-corrected chi connectivity index (χ4v) is 3.63. The Balaban J connectivity index is 2.40. The Labute approximate surface area is 119 Å². The van der Waals surface area contributed by atoms with E-state index < -0.39 is 15.8 Å². The van der Waals surface area contributed by atoms with Crippen LogP contribution < -0.4 is 4.90 Å². The van der Waals surface area contributed by atoms with Crippen LogP contribution in [0.3, 0.4) is 0 Å². The van der Waals surface area contributed by atoms with E-state index >= 15 is 0 Å². The summed E-state index contributed by atoms with van der Waals surface area (Å²) in [7, 11) is -3.32. The maximum Gasteiger partial charge on any atom is 0.305 e. The normalized spacial score (nSPS) is 19.9. The van der Waals surface area contributed by atoms with E-state index in [1.807, 2.05) is 4.90 Å². The molecule has 1 N–H and O–H groups in total. The summed E-state index contributed by atoms with van der Waals surface area (Å²) in [5.74, 6) is -0.848. The van der Waals surface area contributed by atoms with Crippen LogP contribution in [0, 0.1) is 0 Å². The zero-order chi connectivity index (χ0) is 14.8. The van der Waals surface area contributed by atoms with Gasteiger partial charge in [-0.05, 0) is 31.4 Å². The highest BCUT2D eigenvalue weighted by atomic mass is 32.2. The molecule has 0 saturated carbocycles. The van der Waals surface area contributed by atoms with Crippen LogP contribution in [-0.2, 0) is 14.6 Å². The maximum atomic E-state index is 11.9. The topological polar surface area (TPSA) is 74.7 Å². The Morgan fingerprint density at radius 2 is 2.05 bits per heavy atom. The van der Waals surface area contributed by atoms with Crippen LogP contribution in [0.4, 0.5) is 5.69 Å². The Morgan fingerprint density at radius 1 is 1.35 bits per heavy atom. The summed E-state index contributed by atoms with van der Waals surface area (Å²) in [6.07, 6.45) is 3.94. The molecule has 1 atom stereocenters. The molecule has 0 spiro atoms. The summed E-state index contributed by atoms with van der Waals surface area (Å²) in [5.41, 5.74) is 0.626. The number of piperidine rings is 1. The van der Waals surface area contributed by atoms with Crippen molar-refractivity contribution in [2.45, 2.75) is 36.6 Å². The summed E-state index contributed by atoms with van der Waals surface area (Å²) in [4.78, 5) is 13.2. The SMILES string of the molecule is CS(=O)(=O)c1ccccc1N1CCCCC1CC(=O)O. The molecule has 2 rings (SSSR count). The molecule has 6 heteroatoms. The first-order valence-corrected chi connectivity index (χ1v) is 8.56. The van der Waals surface area contributed by atoms with Crippen molar-refractivity contribution < 1.29 is 18.3 Å². The molecule has 1 saturated heterocycles. The molecule has 0 aliphatic carbocycles. The van der Waals surface area contributed by atoms with E-state index in [9.17, 15) is 13.2 Å². The van der Waals surface area contributed by atoms with Crippen molar-refractivity contribution in [3.8, 4) is 0 Å². The smallest absolute Gasteiger partial charge is 0.305 e. The van der Waals surface area contributed by atoms with E-state index in [0.29, 0.717) is 12.2 Å². The number of carboxylic acids is 1. The predicted molar refractivity (Wildman–Crippen MR) is 76.8 cm³/mol. The van der Waals surface area contributed by atoms with Crippen molar-refractivity contribution in [2.75, 3.05) is 17.7 Å². The minimum atomic E-state index is -3.32. The molecule has 1 aromatic carbocycles. The lowest BCUT2D eigenvalue weighted by molar-refractivity contribution is -0.137. The number of carboxylic acid groups (broad SMARTS) is 1. The van der Waals surface area contributed by atoms with Crippen LogP contribution in [0.1, 0.15) is 25.7 Å². The lowest BCUT2D eigenvalue weighted by Crippen LogP contribution is -2.41. The van der Waals surface area contributed by atoms with Gasteiger partial charge in [0.25, 0.3) is 0 Å². The largest absolute Gasteiger partial charge is 0.481 e. The summed E-state index contributed by atoms with van der Waals surface area (Å²) in [6.45, 7) is 0.699. The zero-order valence-electron chi connectivity index (χ0n) is 11.4. The number of para-hydroxylation sites is 1. The number of anilines is 1. The number of carbonyl (C=O) groups is 1. The Hall–Kier alpha value is -1.56. The van der Waals surface area contributed by atoms with Crippen molar-refractivity contribution in [3.05, 3.63) is 24.3 Å². The first kappa shape index (κ1) is 14.8. The van der Waals surface area contributed by atoms with Gasteiger partial charge in [0.05, 0.1) is 17.0 Å². The molecule has 1 heterocycles. The molecule has 1 aliphatic rings. The predicted octanol–water partition coefficient (Wildman–Crippen LogP) is 1.92. The lowest BCUT2D eigenvalue weighted by atomic mass is 9.98. The minimum Gasteiger partial charge on any atom is -0.481 e. The Bertz CT molecular complexity index is 597. The third kappa shape index (κ3) is 3.30. The number of benzene rings is 1. The molecule has 5 nitrogen and oxygen atoms in total. The maximum absolute atomic E-state index is 11.9. The molecule has 1 aromatic rings. The number of rotatable bonds is 4. The fourth-order valence-electron chi connectivity index (χ4n) is 2.74. The van der Waals surface area contributed by atoms with Gasteiger partial charge in [-0.2, -0.15) is 0 Å². The van der Waals surface area contributed by atoms with Gasteiger partial charge in [0, 0.05) is 18.8 Å². The van der Waals surface area contributed by atoms with E-state index in [1.165, 1.54) is 6.26 Å². The number of hydrogen-bond acceptors (Lipinski definition) is 4. The minimum absolute atomic E-state index is 0.0398. The highest BCUT2D eigenvalue weighted by Crippen LogP contribution is 2.31. The molecule has 1 aliphatic heterocycles. The number of sulfone groups is 1. The van der Waals surface area contributed by atoms with E-state index in [0.717, 1.165) is 19.3 Å². The molecule has 0 bridgehead atoms. The summed E-state index contributed by atoms with van der Waals surface area (Å²) < 4.78 is 23.8. The molecule has 1 fully saturated rings. The van der Waals surface area contributed by atoms with Gasteiger partial charge in [-0.3, -0.25) is 4.79 Å². The van der Waals surface area contributed by atoms with Gasteiger partial charge in [-0.25, -0.2) is 8.42 Å². The van der Waals surface area contributed by atoms with Crippen LogP contribution in [0.25, 0.3) is 0 Å². The van der Waals surface area contributed by atoms with Gasteiger partial charge in [0.2, 0.25) is 0 Å². The molecular weight excluding hydrogens is 278 g/mol. The Kier molecular flexibility index (Phi) is 4.32. The molecule has 1 unspecified atom stereocenters. The van der Waals surface area contributed by atoms with Crippen LogP contribution >= 0.6 is 0 Å². The first-order valence-electron chi connectivity index (χ1n) is 6.67. The summed E-state index contributed by atoms with van der Waals surface area (Å²) >= 11 is 0. The first-order chi connectivity index (χ1) is 9.39. The highest BCUT2D eigenvalue weighted by Gasteiger charge is 2.28. The quantitative estimate of drug-likeness (QED) is 0.919. The van der Waals surface area contributed by atoms with E-state index in [2.05, 4.69) is 0 Å². The molecule has 110 valence electrons. The molecule has 0 amide bonds. The average molecular weight is 297 g/mol. The summed E-state index contributed by atoms with van der Waals surface area (Å²) in [5, 5.41) is 9.01. The molecule has 20 heavy (non-hydrogen) atoms. The van der Waals surface area contributed by atoms with Crippen molar-refractivity contribution in [1.29, 1.82) is 0 Å². The molecular formula is C14H19NO4S. The fraction of sp³-hybridized carbons (Fsp3) is 0.500. The van der Waals surface area contributed by atoms with Gasteiger partial charge >= 0.3 is 5.97 Å². The third-order valence-corrected chi connectivity index (χ3v) is 4.76. The average Bonchev–Trinajstić information content (AvgIpc) is 2.38. The van der Waals surface area contributed by atoms with Gasteiger partial charge in [-0.1, -0.05) is 12.1 Å². The van der Waals surface area contributed by atoms with Crippen molar-refractivity contribution in [2.24, 2.45) is 0 Å². The number of aliphatic carboxylic acids is 1. The van der Waals surface area contributed by atoms with Crippen LogP contribution in [0.5, 0.6) is 0 Å². The van der Waals surface area contributed by atoms with Crippen molar-refractivity contribution >= 4 is 21.5 Å². The van der Waals surface area contributed by atoms with Gasteiger partial charge in [0.1, 0.15) is 0 Å². The summed E-state index contributed by atoms with van der Waals surface area (Å²) in [6, 6.07) is 6.68. The van der Waals surface area contributed by atoms with Crippen LogP contribution in [0.2, 0.25) is 0 Å². The molecule has 0 radical (unpaired) electrons. The van der Waals surface area contributed by atoms with E-state index in [-0.39, 0.29) is 17.4 Å². The van der Waals surface area contributed by atoms with E-state index in [1.54, 1.807) is 24.3 Å². The highest BCUT2D eigenvalue weighted by molar-refractivity contribution is 7.90. The zero-order valence-corrected chi connectivity index (χ0v) is 12.3. The number of hydrogen-bond donors (Lipinski definition) is 1. The second kappa shape index (κ2) is 5.83. The second-order valence-electron chi connectivity index (χ2n) is 5.18. The second-order valence-corrected chi connectivity index (χ2v) is 7.16.